The summed E-state index contributed by atoms with van der Waals surface area (Å²) in [6, 6.07) is 24.1. The van der Waals surface area contributed by atoms with Crippen LogP contribution in [0.2, 0.25) is 0 Å². The van der Waals surface area contributed by atoms with Crippen molar-refractivity contribution in [1.29, 1.82) is 0 Å². The summed E-state index contributed by atoms with van der Waals surface area (Å²) in [5.41, 5.74) is 6.08. The number of imidazole rings is 1. The SMILES string of the molecule is Cc1cccc(CNC(=O)c2ccc3c(c2)sc2nc(-c4ccccc4)cn23)c1. The number of nitrogens with zero attached hydrogens (tertiary/aromatic N) is 2. The molecule has 0 radical (unpaired) electrons. The predicted octanol–water partition coefficient (Wildman–Crippen LogP) is 5.45. The second kappa shape index (κ2) is 7.18. The third kappa shape index (κ3) is 3.41. The fraction of sp³-hybridized carbons (Fsp3) is 0.0833. The molecule has 0 unspecified atom stereocenters. The van der Waals surface area contributed by atoms with Gasteiger partial charge in [0.15, 0.2) is 4.96 Å². The molecule has 0 saturated carbocycles. The van der Waals surface area contributed by atoms with Crippen LogP contribution in [0.5, 0.6) is 0 Å². The molecule has 5 aromatic rings. The third-order valence-corrected chi connectivity index (χ3v) is 5.98. The Morgan fingerprint density at radius 2 is 1.90 bits per heavy atom. The maximum Gasteiger partial charge on any atom is 0.251 e. The van der Waals surface area contributed by atoms with E-state index in [-0.39, 0.29) is 5.91 Å². The van der Waals surface area contributed by atoms with Crippen molar-refractivity contribution in [3.8, 4) is 11.3 Å². The number of hydrogen-bond donors (Lipinski definition) is 1. The standard InChI is InChI=1S/C24H19N3OS/c1-16-6-5-7-17(12-16)14-25-23(28)19-10-11-21-22(13-19)29-24-26-20(15-27(21)24)18-8-3-2-4-9-18/h2-13,15H,14H2,1H3,(H,25,28). The lowest BCUT2D eigenvalue weighted by molar-refractivity contribution is 0.0951. The number of hydrogen-bond acceptors (Lipinski definition) is 3. The lowest BCUT2D eigenvalue weighted by atomic mass is 10.1. The topological polar surface area (TPSA) is 46.4 Å². The number of amides is 1. The number of fused-ring (bicyclic) bond motifs is 3. The number of aromatic nitrogens is 2. The van der Waals surface area contributed by atoms with Crippen molar-refractivity contribution in [3.05, 3.63) is 95.7 Å². The molecular formula is C24H19N3OS. The second-order valence-corrected chi connectivity index (χ2v) is 8.11. The monoisotopic (exact) mass is 397 g/mol. The van der Waals surface area contributed by atoms with E-state index in [4.69, 9.17) is 4.98 Å². The van der Waals surface area contributed by atoms with Gasteiger partial charge < -0.3 is 5.32 Å². The van der Waals surface area contributed by atoms with Gasteiger partial charge in [-0.2, -0.15) is 0 Å². The average Bonchev–Trinajstić information content (AvgIpc) is 3.30. The summed E-state index contributed by atoms with van der Waals surface area (Å²) in [5.74, 6) is -0.0654. The molecule has 1 amide bonds. The Balaban J connectivity index is 1.40. The van der Waals surface area contributed by atoms with Crippen molar-refractivity contribution < 1.29 is 4.79 Å². The molecule has 2 aromatic heterocycles. The Morgan fingerprint density at radius 1 is 1.03 bits per heavy atom. The van der Waals surface area contributed by atoms with E-state index >= 15 is 0 Å². The van der Waals surface area contributed by atoms with E-state index in [1.54, 1.807) is 11.3 Å². The fourth-order valence-electron chi connectivity index (χ4n) is 3.50. The van der Waals surface area contributed by atoms with Crippen molar-refractivity contribution in [2.24, 2.45) is 0 Å². The number of thiazole rings is 1. The summed E-state index contributed by atoms with van der Waals surface area (Å²) >= 11 is 1.60. The average molecular weight is 398 g/mol. The molecule has 0 atom stereocenters. The zero-order valence-electron chi connectivity index (χ0n) is 15.9. The van der Waals surface area contributed by atoms with Crippen LogP contribution in [0.25, 0.3) is 26.4 Å². The van der Waals surface area contributed by atoms with E-state index in [1.165, 1.54) is 5.56 Å². The third-order valence-electron chi connectivity index (χ3n) is 4.96. The number of benzene rings is 3. The van der Waals surface area contributed by atoms with Gasteiger partial charge >= 0.3 is 0 Å². The van der Waals surface area contributed by atoms with Gasteiger partial charge in [0, 0.05) is 23.9 Å². The molecule has 5 heteroatoms. The predicted molar refractivity (Wildman–Crippen MR) is 118 cm³/mol. The van der Waals surface area contributed by atoms with Gasteiger partial charge in [-0.05, 0) is 30.7 Å². The summed E-state index contributed by atoms with van der Waals surface area (Å²) < 4.78 is 3.15. The van der Waals surface area contributed by atoms with E-state index in [0.717, 1.165) is 32.0 Å². The molecule has 2 heterocycles. The number of carbonyl (C=O) groups is 1. The van der Waals surface area contributed by atoms with Crippen LogP contribution in [0, 0.1) is 6.92 Å². The van der Waals surface area contributed by atoms with Crippen LogP contribution in [0.1, 0.15) is 21.5 Å². The molecule has 29 heavy (non-hydrogen) atoms. The van der Waals surface area contributed by atoms with E-state index in [0.29, 0.717) is 12.1 Å². The van der Waals surface area contributed by atoms with Crippen molar-refractivity contribution in [1.82, 2.24) is 14.7 Å². The number of carbonyl (C=O) groups excluding carboxylic acids is 1. The Bertz CT molecular complexity index is 1330. The number of nitrogens with one attached hydrogen (secondary N) is 1. The van der Waals surface area contributed by atoms with E-state index < -0.39 is 0 Å². The number of aryl methyl sites for hydroxylation is 1. The normalized spacial score (nSPS) is 11.2. The lowest BCUT2D eigenvalue weighted by Crippen LogP contribution is -2.22. The zero-order chi connectivity index (χ0) is 19.8. The largest absolute Gasteiger partial charge is 0.348 e. The first-order chi connectivity index (χ1) is 14.2. The highest BCUT2D eigenvalue weighted by Gasteiger charge is 2.13. The summed E-state index contributed by atoms with van der Waals surface area (Å²) in [7, 11) is 0. The minimum Gasteiger partial charge on any atom is -0.348 e. The summed E-state index contributed by atoms with van der Waals surface area (Å²) in [5, 5.41) is 3.01. The van der Waals surface area contributed by atoms with E-state index in [1.807, 2.05) is 48.5 Å². The van der Waals surface area contributed by atoms with Crippen LogP contribution < -0.4 is 5.32 Å². The molecule has 0 aliphatic heterocycles. The minimum atomic E-state index is -0.0654. The van der Waals surface area contributed by atoms with Crippen LogP contribution in [-0.4, -0.2) is 15.3 Å². The zero-order valence-corrected chi connectivity index (χ0v) is 16.7. The Morgan fingerprint density at radius 3 is 2.72 bits per heavy atom. The summed E-state index contributed by atoms with van der Waals surface area (Å²) in [4.78, 5) is 18.3. The van der Waals surface area contributed by atoms with Gasteiger partial charge in [0.1, 0.15) is 0 Å². The molecule has 0 bridgehead atoms. The molecule has 4 nitrogen and oxygen atoms in total. The highest BCUT2D eigenvalue weighted by atomic mass is 32.1. The first-order valence-electron chi connectivity index (χ1n) is 9.48. The first-order valence-corrected chi connectivity index (χ1v) is 10.3. The van der Waals surface area contributed by atoms with Crippen LogP contribution in [-0.2, 0) is 6.54 Å². The molecule has 0 saturated heterocycles. The molecule has 0 aliphatic carbocycles. The highest BCUT2D eigenvalue weighted by Crippen LogP contribution is 2.30. The van der Waals surface area contributed by atoms with Gasteiger partial charge in [0.05, 0.1) is 15.9 Å². The van der Waals surface area contributed by atoms with Gasteiger partial charge in [-0.15, -0.1) is 0 Å². The van der Waals surface area contributed by atoms with Crippen molar-refractivity contribution in [2.75, 3.05) is 0 Å². The van der Waals surface area contributed by atoms with Crippen LogP contribution in [0.4, 0.5) is 0 Å². The van der Waals surface area contributed by atoms with Crippen molar-refractivity contribution >= 4 is 32.4 Å². The van der Waals surface area contributed by atoms with Crippen molar-refractivity contribution in [2.45, 2.75) is 13.5 Å². The molecule has 5 rings (SSSR count). The second-order valence-electron chi connectivity index (χ2n) is 7.10. The van der Waals surface area contributed by atoms with Gasteiger partial charge in [0.25, 0.3) is 5.91 Å². The van der Waals surface area contributed by atoms with E-state index in [2.05, 4.69) is 47.1 Å². The maximum absolute atomic E-state index is 12.6. The van der Waals surface area contributed by atoms with Crippen LogP contribution >= 0.6 is 11.3 Å². The number of rotatable bonds is 4. The van der Waals surface area contributed by atoms with Crippen molar-refractivity contribution in [3.63, 3.8) is 0 Å². The lowest BCUT2D eigenvalue weighted by Gasteiger charge is -2.06. The van der Waals surface area contributed by atoms with Crippen LogP contribution in [0.3, 0.4) is 0 Å². The summed E-state index contributed by atoms with van der Waals surface area (Å²) in [6.45, 7) is 2.57. The maximum atomic E-state index is 12.6. The molecule has 3 aromatic carbocycles. The molecule has 0 fully saturated rings. The minimum absolute atomic E-state index is 0.0654. The highest BCUT2D eigenvalue weighted by molar-refractivity contribution is 7.23. The Hall–Kier alpha value is -3.44. The van der Waals surface area contributed by atoms with Gasteiger partial charge in [-0.1, -0.05) is 71.5 Å². The molecular weight excluding hydrogens is 378 g/mol. The van der Waals surface area contributed by atoms with Crippen LogP contribution in [0.15, 0.2) is 79.0 Å². The molecule has 1 N–H and O–H groups in total. The molecule has 0 spiro atoms. The Kier molecular flexibility index (Phi) is 4.37. The smallest absolute Gasteiger partial charge is 0.251 e. The first kappa shape index (κ1) is 17.6. The molecule has 142 valence electrons. The van der Waals surface area contributed by atoms with Gasteiger partial charge in [0.2, 0.25) is 0 Å². The van der Waals surface area contributed by atoms with E-state index in [9.17, 15) is 4.79 Å². The fourth-order valence-corrected chi connectivity index (χ4v) is 4.54. The summed E-state index contributed by atoms with van der Waals surface area (Å²) in [6.07, 6.45) is 2.06. The van der Waals surface area contributed by atoms with Gasteiger partial charge in [-0.3, -0.25) is 9.20 Å². The molecule has 0 aliphatic rings. The Labute approximate surface area is 172 Å². The van der Waals surface area contributed by atoms with Gasteiger partial charge in [-0.25, -0.2) is 4.98 Å². The quantitative estimate of drug-likeness (QED) is 0.438.